The van der Waals surface area contributed by atoms with Gasteiger partial charge < -0.3 is 9.30 Å². The molecule has 0 aliphatic carbocycles. The number of amides is 1. The minimum atomic E-state index is -0.664. The SMILES string of the molecule is O=C1Nc2ccccc2C2(CCN(OCc3cn(CC(=O)c4cccc(F)c4)c4cc(Cl)ccc34)CC2)O1. The fourth-order valence-electron chi connectivity index (χ4n) is 5.36. The van der Waals surface area contributed by atoms with Crippen molar-refractivity contribution in [3.8, 4) is 0 Å². The zero-order chi connectivity index (χ0) is 26.3. The molecule has 1 aromatic heterocycles. The Labute approximate surface area is 223 Å². The number of Topliss-reactive ketones (excluding diaryl/α,β-unsaturated/α-hetero) is 1. The van der Waals surface area contributed by atoms with Gasteiger partial charge in [0.1, 0.15) is 11.4 Å². The van der Waals surface area contributed by atoms with E-state index in [9.17, 15) is 14.0 Å². The molecule has 1 amide bonds. The van der Waals surface area contributed by atoms with Gasteiger partial charge in [-0.2, -0.15) is 5.06 Å². The Kier molecular flexibility index (Phi) is 6.39. The zero-order valence-corrected chi connectivity index (χ0v) is 21.2. The van der Waals surface area contributed by atoms with Gasteiger partial charge in [-0.15, -0.1) is 0 Å². The minimum absolute atomic E-state index is 0.0470. The number of halogens is 2. The molecule has 0 saturated carbocycles. The number of carbonyl (C=O) groups excluding carboxylic acids is 2. The van der Waals surface area contributed by atoms with E-state index >= 15 is 0 Å². The third-order valence-electron chi connectivity index (χ3n) is 7.26. The lowest BCUT2D eigenvalue weighted by Gasteiger charge is -2.43. The Morgan fingerprint density at radius 1 is 1.08 bits per heavy atom. The molecule has 2 aliphatic heterocycles. The monoisotopic (exact) mass is 533 g/mol. The lowest BCUT2D eigenvalue weighted by atomic mass is 9.83. The van der Waals surface area contributed by atoms with E-state index in [-0.39, 0.29) is 12.3 Å². The lowest BCUT2D eigenvalue weighted by molar-refractivity contribution is -0.203. The van der Waals surface area contributed by atoms with Gasteiger partial charge in [0.15, 0.2) is 5.78 Å². The van der Waals surface area contributed by atoms with Crippen molar-refractivity contribution in [3.63, 3.8) is 0 Å². The third kappa shape index (κ3) is 4.67. The summed E-state index contributed by atoms with van der Waals surface area (Å²) >= 11 is 6.26. The van der Waals surface area contributed by atoms with Crippen LogP contribution >= 0.6 is 11.6 Å². The molecule has 0 atom stereocenters. The number of aromatic nitrogens is 1. The second-order valence-corrected chi connectivity index (χ2v) is 10.1. The van der Waals surface area contributed by atoms with Gasteiger partial charge in [0.05, 0.1) is 24.4 Å². The van der Waals surface area contributed by atoms with Crippen molar-refractivity contribution in [1.29, 1.82) is 0 Å². The maximum Gasteiger partial charge on any atom is 0.412 e. The predicted octanol–water partition coefficient (Wildman–Crippen LogP) is 6.30. The summed E-state index contributed by atoms with van der Waals surface area (Å²) in [6.07, 6.45) is 2.67. The molecule has 3 heterocycles. The van der Waals surface area contributed by atoms with E-state index < -0.39 is 17.5 Å². The predicted molar refractivity (Wildman–Crippen MR) is 141 cm³/mol. The van der Waals surface area contributed by atoms with Crippen LogP contribution in [0.5, 0.6) is 0 Å². The molecule has 7 nitrogen and oxygen atoms in total. The number of piperidine rings is 1. The largest absolute Gasteiger partial charge is 0.438 e. The smallest absolute Gasteiger partial charge is 0.412 e. The molecule has 1 saturated heterocycles. The summed E-state index contributed by atoms with van der Waals surface area (Å²) in [6, 6.07) is 18.9. The second-order valence-electron chi connectivity index (χ2n) is 9.63. The average Bonchev–Trinajstić information content (AvgIpc) is 3.24. The molecule has 1 spiro atoms. The zero-order valence-electron chi connectivity index (χ0n) is 20.5. The van der Waals surface area contributed by atoms with Crippen molar-refractivity contribution in [2.45, 2.75) is 31.6 Å². The molecule has 0 bridgehead atoms. The normalized spacial score (nSPS) is 16.7. The van der Waals surface area contributed by atoms with Crippen molar-refractivity contribution in [2.24, 2.45) is 0 Å². The maximum absolute atomic E-state index is 13.6. The van der Waals surface area contributed by atoms with Gasteiger partial charge in [0.25, 0.3) is 0 Å². The Hall–Kier alpha value is -3.72. The van der Waals surface area contributed by atoms with Crippen LogP contribution in [0.2, 0.25) is 5.02 Å². The molecule has 4 aromatic rings. The van der Waals surface area contributed by atoms with E-state index in [0.717, 1.165) is 27.7 Å². The Balaban J connectivity index is 1.17. The molecule has 38 heavy (non-hydrogen) atoms. The third-order valence-corrected chi connectivity index (χ3v) is 7.50. The topological polar surface area (TPSA) is 72.8 Å². The molecule has 2 aliphatic rings. The number of hydrogen-bond acceptors (Lipinski definition) is 5. The number of nitrogens with zero attached hydrogens (tertiary/aromatic N) is 2. The van der Waals surface area contributed by atoms with Crippen LogP contribution in [0.3, 0.4) is 0 Å². The first-order valence-corrected chi connectivity index (χ1v) is 12.8. The van der Waals surface area contributed by atoms with E-state index in [4.69, 9.17) is 21.2 Å². The fourth-order valence-corrected chi connectivity index (χ4v) is 5.53. The molecule has 1 fully saturated rings. The Bertz CT molecular complexity index is 1540. The summed E-state index contributed by atoms with van der Waals surface area (Å²) in [5.74, 6) is -0.650. The summed E-state index contributed by atoms with van der Waals surface area (Å²) in [4.78, 5) is 31.2. The van der Waals surface area contributed by atoms with Crippen LogP contribution in [0, 0.1) is 5.82 Å². The van der Waals surface area contributed by atoms with Crippen LogP contribution in [-0.2, 0) is 28.3 Å². The van der Waals surface area contributed by atoms with Crippen LogP contribution in [0.15, 0.2) is 72.9 Å². The first-order chi connectivity index (χ1) is 18.4. The summed E-state index contributed by atoms with van der Waals surface area (Å²) in [5, 5.41) is 6.15. The number of para-hydroxylation sites is 1. The number of ketones is 1. The van der Waals surface area contributed by atoms with Crippen LogP contribution in [0.1, 0.15) is 34.3 Å². The molecular weight excluding hydrogens is 509 g/mol. The minimum Gasteiger partial charge on any atom is -0.438 e. The summed E-state index contributed by atoms with van der Waals surface area (Å²) in [6.45, 7) is 1.52. The molecule has 194 valence electrons. The molecule has 0 unspecified atom stereocenters. The first kappa shape index (κ1) is 24.6. The number of nitrogens with one attached hydrogen (secondary N) is 1. The number of hydrogen-bond donors (Lipinski definition) is 1. The first-order valence-electron chi connectivity index (χ1n) is 12.4. The number of carbonyl (C=O) groups is 2. The van der Waals surface area contributed by atoms with Gasteiger partial charge in [0.2, 0.25) is 0 Å². The molecule has 6 rings (SSSR count). The van der Waals surface area contributed by atoms with E-state index in [0.29, 0.717) is 43.1 Å². The molecule has 1 N–H and O–H groups in total. The quantitative estimate of drug-likeness (QED) is 0.294. The fraction of sp³-hybridized carbons (Fsp3) is 0.241. The van der Waals surface area contributed by atoms with Gasteiger partial charge >= 0.3 is 6.09 Å². The number of benzene rings is 3. The van der Waals surface area contributed by atoms with Crippen molar-refractivity contribution in [1.82, 2.24) is 9.63 Å². The van der Waals surface area contributed by atoms with Gasteiger partial charge in [-0.05, 0) is 30.3 Å². The van der Waals surface area contributed by atoms with Crippen molar-refractivity contribution >= 4 is 40.1 Å². The van der Waals surface area contributed by atoms with Gasteiger partial charge in [-0.25, -0.2) is 9.18 Å². The number of ether oxygens (including phenoxy) is 1. The highest BCUT2D eigenvalue weighted by molar-refractivity contribution is 6.31. The molecule has 9 heteroatoms. The highest BCUT2D eigenvalue weighted by Crippen LogP contribution is 2.43. The van der Waals surface area contributed by atoms with Crippen LogP contribution < -0.4 is 5.32 Å². The summed E-state index contributed by atoms with van der Waals surface area (Å²) in [5.41, 5.74) is 3.14. The molecule has 3 aromatic carbocycles. The van der Waals surface area contributed by atoms with E-state index in [2.05, 4.69) is 5.32 Å². The standard InChI is InChI=1S/C29H25ClFN3O4/c30-21-8-9-23-20(16-33(26(23)15-21)17-27(35)19-4-3-5-22(31)14-19)18-37-34-12-10-29(11-13-34)24-6-1-2-7-25(24)32-28(36)38-29/h1-9,14-16H,10-13,17-18H2,(H,32,36). The highest BCUT2D eigenvalue weighted by Gasteiger charge is 2.44. The van der Waals surface area contributed by atoms with Crippen LogP contribution in [-0.4, -0.2) is 34.6 Å². The van der Waals surface area contributed by atoms with Gasteiger partial charge in [-0.1, -0.05) is 48.0 Å². The lowest BCUT2D eigenvalue weighted by Crippen LogP contribution is -2.48. The summed E-state index contributed by atoms with van der Waals surface area (Å²) < 4.78 is 21.3. The number of rotatable bonds is 6. The van der Waals surface area contributed by atoms with Crippen molar-refractivity contribution in [3.05, 3.63) is 100 Å². The Morgan fingerprint density at radius 2 is 1.89 bits per heavy atom. The average molecular weight is 534 g/mol. The molecular formula is C29H25ClFN3O4. The number of fused-ring (bicyclic) bond motifs is 3. The van der Waals surface area contributed by atoms with Gasteiger partial charge in [0, 0.05) is 59.2 Å². The number of anilines is 1. The van der Waals surface area contributed by atoms with Crippen molar-refractivity contribution in [2.75, 3.05) is 18.4 Å². The summed E-state index contributed by atoms with van der Waals surface area (Å²) in [7, 11) is 0. The van der Waals surface area contributed by atoms with E-state index in [1.54, 1.807) is 12.1 Å². The van der Waals surface area contributed by atoms with E-state index in [1.165, 1.54) is 18.2 Å². The maximum atomic E-state index is 13.6. The van der Waals surface area contributed by atoms with Crippen LogP contribution in [0.4, 0.5) is 14.9 Å². The van der Waals surface area contributed by atoms with E-state index in [1.807, 2.05) is 52.2 Å². The Morgan fingerprint density at radius 3 is 2.71 bits per heavy atom. The highest BCUT2D eigenvalue weighted by atomic mass is 35.5. The molecule has 0 radical (unpaired) electrons. The van der Waals surface area contributed by atoms with Crippen LogP contribution in [0.25, 0.3) is 10.9 Å². The number of hydroxylamine groups is 2. The van der Waals surface area contributed by atoms with Crippen molar-refractivity contribution < 1.29 is 23.6 Å². The second kappa shape index (κ2) is 9.87. The van der Waals surface area contributed by atoms with Gasteiger partial charge in [-0.3, -0.25) is 14.9 Å².